The van der Waals surface area contributed by atoms with Crippen LogP contribution in [0, 0.1) is 16.7 Å². The standard InChI is InChI=1S/C26H46O10/c1-24(2,15-30-7)17-33-21(27)13-11-10-12-20(23(29)34-18-25(3,4)16-31-8)14-22(28)35-36-26(5,6)19-32-9/h10-11,20H,12-19H2,1-9H3. The van der Waals surface area contributed by atoms with E-state index in [1.807, 2.05) is 27.7 Å². The van der Waals surface area contributed by atoms with Crippen molar-refractivity contribution in [1.82, 2.24) is 0 Å². The minimum absolute atomic E-state index is 0.0322. The fourth-order valence-corrected chi connectivity index (χ4v) is 3.05. The first-order chi connectivity index (χ1) is 16.7. The quantitative estimate of drug-likeness (QED) is 0.109. The average Bonchev–Trinajstić information content (AvgIpc) is 2.77. The van der Waals surface area contributed by atoms with Crippen LogP contribution in [0.1, 0.15) is 60.8 Å². The first-order valence-electron chi connectivity index (χ1n) is 12.0. The molecule has 0 bridgehead atoms. The summed E-state index contributed by atoms with van der Waals surface area (Å²) < 4.78 is 26.0. The monoisotopic (exact) mass is 518 g/mol. The topological polar surface area (TPSA) is 116 Å². The number of carbonyl (C=O) groups excluding carboxylic acids is 3. The van der Waals surface area contributed by atoms with Gasteiger partial charge < -0.3 is 23.7 Å². The predicted octanol–water partition coefficient (Wildman–Crippen LogP) is 3.66. The third kappa shape index (κ3) is 16.6. The van der Waals surface area contributed by atoms with Crippen LogP contribution in [-0.4, -0.2) is 77.9 Å². The average molecular weight is 519 g/mol. The smallest absolute Gasteiger partial charge is 0.343 e. The van der Waals surface area contributed by atoms with Crippen LogP contribution < -0.4 is 0 Å². The maximum atomic E-state index is 12.8. The van der Waals surface area contributed by atoms with E-state index in [-0.39, 0.29) is 49.9 Å². The molecular formula is C26H46O10. The lowest BCUT2D eigenvalue weighted by Gasteiger charge is -2.24. The van der Waals surface area contributed by atoms with Crippen molar-refractivity contribution in [1.29, 1.82) is 0 Å². The van der Waals surface area contributed by atoms with E-state index in [1.54, 1.807) is 40.2 Å². The molecule has 0 radical (unpaired) electrons. The van der Waals surface area contributed by atoms with E-state index in [9.17, 15) is 14.4 Å². The molecule has 1 atom stereocenters. The summed E-state index contributed by atoms with van der Waals surface area (Å²) in [5, 5.41) is 0. The summed E-state index contributed by atoms with van der Waals surface area (Å²) in [6, 6.07) is 0. The van der Waals surface area contributed by atoms with E-state index in [1.165, 1.54) is 7.11 Å². The predicted molar refractivity (Wildman–Crippen MR) is 133 cm³/mol. The molecule has 0 N–H and O–H groups in total. The molecule has 0 spiro atoms. The van der Waals surface area contributed by atoms with Crippen LogP contribution in [0.25, 0.3) is 0 Å². The van der Waals surface area contributed by atoms with Crippen molar-refractivity contribution >= 4 is 17.9 Å². The molecular weight excluding hydrogens is 472 g/mol. The molecule has 0 amide bonds. The SMILES string of the molecule is COCC(C)(C)COC(=O)CC=CCC(CC(=O)OOC(C)(C)COC)C(=O)OCC(C)(C)COC. The number of hydrogen-bond acceptors (Lipinski definition) is 10. The Balaban J connectivity index is 5.01. The molecule has 1 unspecified atom stereocenters. The zero-order valence-corrected chi connectivity index (χ0v) is 23.5. The Kier molecular flexibility index (Phi) is 15.7. The van der Waals surface area contributed by atoms with Crippen molar-refractivity contribution in [2.24, 2.45) is 16.7 Å². The molecule has 0 aliphatic rings. The Bertz CT molecular complexity index is 697. The van der Waals surface area contributed by atoms with Crippen LogP contribution in [0.4, 0.5) is 0 Å². The summed E-state index contributed by atoms with van der Waals surface area (Å²) in [5.41, 5.74) is -1.53. The van der Waals surface area contributed by atoms with E-state index in [0.29, 0.717) is 13.2 Å². The molecule has 0 aliphatic heterocycles. The second kappa shape index (κ2) is 16.7. The van der Waals surface area contributed by atoms with Gasteiger partial charge in [-0.05, 0) is 20.3 Å². The van der Waals surface area contributed by atoms with Crippen LogP contribution in [0.2, 0.25) is 0 Å². The molecule has 0 heterocycles. The maximum absolute atomic E-state index is 12.8. The number of esters is 2. The van der Waals surface area contributed by atoms with Crippen LogP contribution in [-0.2, 0) is 47.8 Å². The number of allylic oxidation sites excluding steroid dienone is 1. The minimum atomic E-state index is -0.845. The number of hydrogen-bond donors (Lipinski definition) is 0. The first kappa shape index (κ1) is 34.0. The largest absolute Gasteiger partial charge is 0.465 e. The number of methoxy groups -OCH3 is 3. The van der Waals surface area contributed by atoms with Gasteiger partial charge in [-0.25, -0.2) is 4.79 Å². The highest BCUT2D eigenvalue weighted by molar-refractivity contribution is 5.80. The van der Waals surface area contributed by atoms with Crippen LogP contribution in [0.5, 0.6) is 0 Å². The highest BCUT2D eigenvalue weighted by Gasteiger charge is 2.29. The van der Waals surface area contributed by atoms with Crippen LogP contribution >= 0.6 is 0 Å². The second-order valence-corrected chi connectivity index (χ2v) is 11.0. The number of ether oxygens (including phenoxy) is 5. The van der Waals surface area contributed by atoms with Crippen molar-refractivity contribution in [2.75, 3.05) is 54.4 Å². The van der Waals surface area contributed by atoms with E-state index in [0.717, 1.165) is 0 Å². The molecule has 210 valence electrons. The van der Waals surface area contributed by atoms with Gasteiger partial charge in [0.1, 0.15) is 5.60 Å². The maximum Gasteiger partial charge on any atom is 0.343 e. The lowest BCUT2D eigenvalue weighted by molar-refractivity contribution is -0.331. The summed E-state index contributed by atoms with van der Waals surface area (Å²) in [6.07, 6.45) is 3.20. The Labute approximate surface area is 215 Å². The van der Waals surface area contributed by atoms with E-state index in [4.69, 9.17) is 33.5 Å². The summed E-state index contributed by atoms with van der Waals surface area (Å²) in [4.78, 5) is 47.2. The van der Waals surface area contributed by atoms with Gasteiger partial charge in [0.2, 0.25) is 0 Å². The Morgan fingerprint density at radius 3 is 1.75 bits per heavy atom. The Morgan fingerprint density at radius 1 is 0.694 bits per heavy atom. The molecule has 0 fully saturated rings. The third-order valence-corrected chi connectivity index (χ3v) is 4.77. The normalized spacial score (nSPS) is 13.5. The lowest BCUT2D eigenvalue weighted by Crippen LogP contribution is -2.33. The Hall–Kier alpha value is -2.01. The molecule has 0 aromatic heterocycles. The molecule has 0 aromatic carbocycles. The molecule has 0 saturated heterocycles. The fraction of sp³-hybridized carbons (Fsp3) is 0.808. The summed E-state index contributed by atoms with van der Waals surface area (Å²) in [6.45, 7) is 12.5. The molecule has 0 saturated carbocycles. The molecule has 0 aliphatic carbocycles. The van der Waals surface area contributed by atoms with Crippen molar-refractivity contribution in [3.63, 3.8) is 0 Å². The second-order valence-electron chi connectivity index (χ2n) is 11.0. The minimum Gasteiger partial charge on any atom is -0.465 e. The summed E-state index contributed by atoms with van der Waals surface area (Å²) in [5.74, 6) is -2.49. The van der Waals surface area contributed by atoms with Crippen molar-refractivity contribution < 1.29 is 47.8 Å². The summed E-state index contributed by atoms with van der Waals surface area (Å²) in [7, 11) is 4.67. The molecule has 0 rings (SSSR count). The summed E-state index contributed by atoms with van der Waals surface area (Å²) >= 11 is 0. The van der Waals surface area contributed by atoms with Crippen molar-refractivity contribution in [3.05, 3.63) is 12.2 Å². The van der Waals surface area contributed by atoms with Gasteiger partial charge in [-0.3, -0.25) is 14.5 Å². The van der Waals surface area contributed by atoms with Gasteiger partial charge >= 0.3 is 17.9 Å². The molecule has 10 heteroatoms. The first-order valence-corrected chi connectivity index (χ1v) is 12.0. The Morgan fingerprint density at radius 2 is 1.22 bits per heavy atom. The highest BCUT2D eigenvalue weighted by atomic mass is 17.2. The zero-order chi connectivity index (χ0) is 27.8. The van der Waals surface area contributed by atoms with Gasteiger partial charge in [-0.15, -0.1) is 0 Å². The van der Waals surface area contributed by atoms with Gasteiger partial charge in [0, 0.05) is 32.2 Å². The third-order valence-electron chi connectivity index (χ3n) is 4.77. The number of rotatable bonds is 19. The van der Waals surface area contributed by atoms with Gasteiger partial charge in [0.25, 0.3) is 0 Å². The molecule has 10 nitrogen and oxygen atoms in total. The van der Waals surface area contributed by atoms with Crippen molar-refractivity contribution in [2.45, 2.75) is 66.4 Å². The molecule has 0 aromatic rings. The molecule has 36 heavy (non-hydrogen) atoms. The van der Waals surface area contributed by atoms with Crippen molar-refractivity contribution in [3.8, 4) is 0 Å². The fourth-order valence-electron chi connectivity index (χ4n) is 3.05. The van der Waals surface area contributed by atoms with Crippen LogP contribution in [0.3, 0.4) is 0 Å². The van der Waals surface area contributed by atoms with Gasteiger partial charge in [-0.1, -0.05) is 39.8 Å². The van der Waals surface area contributed by atoms with Gasteiger partial charge in [-0.2, -0.15) is 4.89 Å². The van der Waals surface area contributed by atoms with E-state index < -0.39 is 29.4 Å². The van der Waals surface area contributed by atoms with Crippen LogP contribution in [0.15, 0.2) is 12.2 Å². The van der Waals surface area contributed by atoms with E-state index >= 15 is 0 Å². The number of carbonyl (C=O) groups is 3. The highest BCUT2D eigenvalue weighted by Crippen LogP contribution is 2.20. The van der Waals surface area contributed by atoms with E-state index in [2.05, 4.69) is 0 Å². The zero-order valence-electron chi connectivity index (χ0n) is 23.5. The van der Waals surface area contributed by atoms with Gasteiger partial charge in [0.05, 0.1) is 51.8 Å². The van der Waals surface area contributed by atoms with Gasteiger partial charge in [0.15, 0.2) is 0 Å². The lowest BCUT2D eigenvalue weighted by atomic mass is 9.96.